The zero-order chi connectivity index (χ0) is 40.8. The Morgan fingerprint density at radius 1 is 0.643 bits per heavy atom. The van der Waals surface area contributed by atoms with Gasteiger partial charge in [0.15, 0.2) is 6.10 Å². The molecule has 3 unspecified atom stereocenters. The normalized spacial score (nSPS) is 17.9. The van der Waals surface area contributed by atoms with Gasteiger partial charge < -0.3 is 24.8 Å². The lowest BCUT2D eigenvalue weighted by atomic mass is 10.1. The van der Waals surface area contributed by atoms with Gasteiger partial charge in [-0.1, -0.05) is 124 Å². The van der Waals surface area contributed by atoms with Crippen LogP contribution in [-0.2, 0) is 37.4 Å². The Labute approximate surface area is 338 Å². The van der Waals surface area contributed by atoms with Crippen LogP contribution in [0, 0.1) is 0 Å². The second kappa shape index (κ2) is 36.2. The zero-order valence-corrected chi connectivity index (χ0v) is 35.2. The number of epoxide rings is 1. The first kappa shape index (κ1) is 50.9. The van der Waals surface area contributed by atoms with Gasteiger partial charge in [0.1, 0.15) is 6.61 Å². The van der Waals surface area contributed by atoms with Crippen molar-refractivity contribution < 1.29 is 42.3 Å². The molecule has 316 valence electrons. The van der Waals surface area contributed by atoms with E-state index in [-0.39, 0.29) is 44.8 Å². The third kappa shape index (κ3) is 33.1. The number of esters is 2. The molecule has 0 radical (unpaired) electrons. The molecule has 0 spiro atoms. The minimum absolute atomic E-state index is 0.0287. The first-order valence-electron chi connectivity index (χ1n) is 20.8. The zero-order valence-electron chi connectivity index (χ0n) is 34.3. The van der Waals surface area contributed by atoms with Crippen molar-refractivity contribution in [2.45, 2.75) is 148 Å². The first-order valence-corrected chi connectivity index (χ1v) is 22.3. The predicted molar refractivity (Wildman–Crippen MR) is 228 cm³/mol. The van der Waals surface area contributed by atoms with E-state index in [2.05, 4.69) is 98.9 Å². The molecule has 0 aromatic heterocycles. The minimum Gasteiger partial charge on any atom is -0.462 e. The molecule has 0 bridgehead atoms. The van der Waals surface area contributed by atoms with Gasteiger partial charge in [-0.2, -0.15) is 0 Å². The van der Waals surface area contributed by atoms with E-state index in [0.717, 1.165) is 57.8 Å². The van der Waals surface area contributed by atoms with Crippen molar-refractivity contribution in [3.8, 4) is 0 Å². The Balaban J connectivity index is 2.30. The summed E-state index contributed by atoms with van der Waals surface area (Å²) in [6.45, 7) is 3.41. The summed E-state index contributed by atoms with van der Waals surface area (Å²) >= 11 is 0. The number of rotatable bonds is 36. The quantitative estimate of drug-likeness (QED) is 0.0206. The van der Waals surface area contributed by atoms with E-state index >= 15 is 0 Å². The van der Waals surface area contributed by atoms with Crippen molar-refractivity contribution in [1.29, 1.82) is 0 Å². The fraction of sp³-hybridized carbons (Fsp3) is 0.600. The molecule has 11 heteroatoms. The molecule has 3 N–H and O–H groups in total. The summed E-state index contributed by atoms with van der Waals surface area (Å²) in [4.78, 5) is 34.9. The van der Waals surface area contributed by atoms with Crippen LogP contribution >= 0.6 is 7.82 Å². The third-order valence-corrected chi connectivity index (χ3v) is 9.34. The summed E-state index contributed by atoms with van der Waals surface area (Å²) in [6, 6.07) is 0. The number of hydrogen-bond acceptors (Lipinski definition) is 9. The van der Waals surface area contributed by atoms with Crippen molar-refractivity contribution in [2.24, 2.45) is 5.73 Å². The van der Waals surface area contributed by atoms with E-state index in [1.54, 1.807) is 0 Å². The predicted octanol–water partition coefficient (Wildman–Crippen LogP) is 10.8. The van der Waals surface area contributed by atoms with E-state index in [9.17, 15) is 19.0 Å². The van der Waals surface area contributed by atoms with Crippen LogP contribution in [0.4, 0.5) is 0 Å². The number of unbranched alkanes of at least 4 members (excludes halogenated alkanes) is 5. The Bertz CT molecular complexity index is 1300. The van der Waals surface area contributed by atoms with Gasteiger partial charge in [-0.25, -0.2) is 4.57 Å². The summed E-state index contributed by atoms with van der Waals surface area (Å²) in [5, 5.41) is 0. The fourth-order valence-corrected chi connectivity index (χ4v) is 5.94. The molecule has 0 aromatic rings. The molecule has 0 aromatic carbocycles. The number of nitrogens with two attached hydrogens (primary N) is 1. The molecule has 0 saturated carbocycles. The van der Waals surface area contributed by atoms with E-state index in [1.165, 1.54) is 19.3 Å². The highest BCUT2D eigenvalue weighted by Gasteiger charge is 2.36. The Morgan fingerprint density at radius 2 is 1.12 bits per heavy atom. The van der Waals surface area contributed by atoms with Crippen LogP contribution in [0.1, 0.15) is 129 Å². The van der Waals surface area contributed by atoms with Crippen LogP contribution in [-0.4, -0.2) is 61.5 Å². The number of ether oxygens (including phenoxy) is 3. The molecule has 10 nitrogen and oxygen atoms in total. The van der Waals surface area contributed by atoms with Gasteiger partial charge in [-0.3, -0.25) is 18.6 Å². The minimum atomic E-state index is -4.42. The standard InChI is InChI=1S/C45H72NO9P/c1-3-5-7-9-11-13-14-15-16-17-18-19-20-22-24-26-31-35-44(47)51-39-41(40-53-56(49,50)52-38-37-46)54-45(48)36-32-28-27-30-34-43-42(55-43)33-29-25-23-21-12-10-8-6-4-2/h5,7,11-13,15-16,18-19,21-22,24-25,27,29-30,41-43H,3-4,6,8-10,14,17,20,23,26,28,31-40,46H2,1-2H3,(H,49,50)/b7-5-,13-11-,16-15-,19-18-,21-12-,24-22-,29-25-,30-27-/t41-,42?,43?/m1/s1. The molecular formula is C45H72NO9P. The van der Waals surface area contributed by atoms with E-state index in [0.29, 0.717) is 25.7 Å². The van der Waals surface area contributed by atoms with Gasteiger partial charge >= 0.3 is 19.8 Å². The summed E-state index contributed by atoms with van der Waals surface area (Å²) in [6.07, 6.45) is 49.0. The average Bonchev–Trinajstić information content (AvgIpc) is 3.94. The van der Waals surface area contributed by atoms with Crippen LogP contribution < -0.4 is 5.73 Å². The highest BCUT2D eigenvalue weighted by molar-refractivity contribution is 7.47. The maximum absolute atomic E-state index is 12.6. The average molecular weight is 802 g/mol. The van der Waals surface area contributed by atoms with Crippen LogP contribution in [0.2, 0.25) is 0 Å². The Hall–Kier alpha value is -3.11. The smallest absolute Gasteiger partial charge is 0.462 e. The van der Waals surface area contributed by atoms with Crippen molar-refractivity contribution >= 4 is 19.8 Å². The Morgan fingerprint density at radius 3 is 1.68 bits per heavy atom. The molecule has 1 aliphatic heterocycles. The van der Waals surface area contributed by atoms with Crippen LogP contribution in [0.25, 0.3) is 0 Å². The maximum atomic E-state index is 12.6. The SMILES string of the molecule is CC/C=C\C/C=C\C/C=C\C/C=C\C/C=C\CCCC(=O)OC[C@H](COP(=O)(O)OCCN)OC(=O)CCC/C=C\CC1OC1C/C=C\C/C=C\CCCCC. The van der Waals surface area contributed by atoms with Gasteiger partial charge in [-0.05, 0) is 89.9 Å². The molecular weight excluding hydrogens is 729 g/mol. The topological polar surface area (TPSA) is 147 Å². The second-order valence-electron chi connectivity index (χ2n) is 13.5. The number of hydrogen-bond donors (Lipinski definition) is 2. The van der Waals surface area contributed by atoms with E-state index < -0.39 is 32.5 Å². The van der Waals surface area contributed by atoms with Gasteiger partial charge in [0.25, 0.3) is 0 Å². The highest BCUT2D eigenvalue weighted by Crippen LogP contribution is 2.43. The van der Waals surface area contributed by atoms with Crippen LogP contribution in [0.5, 0.6) is 0 Å². The number of carbonyl (C=O) groups is 2. The van der Waals surface area contributed by atoms with Crippen molar-refractivity contribution in [1.82, 2.24) is 0 Å². The Kier molecular flexibility index (Phi) is 33.0. The molecule has 1 saturated heterocycles. The van der Waals surface area contributed by atoms with Gasteiger partial charge in [0.2, 0.25) is 0 Å². The van der Waals surface area contributed by atoms with Crippen LogP contribution in [0.15, 0.2) is 97.2 Å². The lowest BCUT2D eigenvalue weighted by Gasteiger charge is -2.19. The molecule has 1 aliphatic rings. The van der Waals surface area contributed by atoms with Crippen molar-refractivity contribution in [2.75, 3.05) is 26.4 Å². The largest absolute Gasteiger partial charge is 0.472 e. The lowest BCUT2D eigenvalue weighted by molar-refractivity contribution is -0.161. The molecule has 0 aliphatic carbocycles. The number of allylic oxidation sites excluding steroid dienone is 14. The van der Waals surface area contributed by atoms with E-state index in [4.69, 9.17) is 29.0 Å². The van der Waals surface area contributed by atoms with Crippen LogP contribution in [0.3, 0.4) is 0 Å². The molecule has 4 atom stereocenters. The lowest BCUT2D eigenvalue weighted by Crippen LogP contribution is -2.29. The molecule has 0 amide bonds. The monoisotopic (exact) mass is 801 g/mol. The summed E-state index contributed by atoms with van der Waals surface area (Å²) in [5.41, 5.74) is 5.34. The van der Waals surface area contributed by atoms with Gasteiger partial charge in [0, 0.05) is 19.4 Å². The van der Waals surface area contributed by atoms with Gasteiger partial charge in [-0.15, -0.1) is 0 Å². The highest BCUT2D eigenvalue weighted by atomic mass is 31.2. The molecule has 1 rings (SSSR count). The number of phosphoric ester groups is 1. The molecule has 56 heavy (non-hydrogen) atoms. The molecule has 1 fully saturated rings. The summed E-state index contributed by atoms with van der Waals surface area (Å²) in [5.74, 6) is -0.983. The second-order valence-corrected chi connectivity index (χ2v) is 15.0. The van der Waals surface area contributed by atoms with Crippen molar-refractivity contribution in [3.63, 3.8) is 0 Å². The maximum Gasteiger partial charge on any atom is 0.472 e. The summed E-state index contributed by atoms with van der Waals surface area (Å²) < 4.78 is 38.4. The van der Waals surface area contributed by atoms with Gasteiger partial charge in [0.05, 0.1) is 25.4 Å². The van der Waals surface area contributed by atoms with Crippen molar-refractivity contribution in [3.05, 3.63) is 97.2 Å². The molecule has 1 heterocycles. The fourth-order valence-electron chi connectivity index (χ4n) is 5.17. The summed E-state index contributed by atoms with van der Waals surface area (Å²) in [7, 11) is -4.42. The first-order chi connectivity index (χ1) is 27.3. The third-order valence-electron chi connectivity index (χ3n) is 8.36. The number of carbonyl (C=O) groups excluding carboxylic acids is 2. The van der Waals surface area contributed by atoms with E-state index in [1.807, 2.05) is 12.2 Å². The number of phosphoric acid groups is 1.